The van der Waals surface area contributed by atoms with E-state index in [2.05, 4.69) is 10.6 Å². The first-order chi connectivity index (χ1) is 6.81. The topological polar surface area (TPSA) is 95.5 Å². The predicted octanol–water partition coefficient (Wildman–Crippen LogP) is 0.220. The van der Waals surface area contributed by atoms with Crippen LogP contribution in [0.1, 0.15) is 20.3 Å². The lowest BCUT2D eigenvalue weighted by molar-refractivity contribution is 0.241. The first-order valence-electron chi connectivity index (χ1n) is 4.78. The van der Waals surface area contributed by atoms with Crippen LogP contribution in [0.5, 0.6) is 0 Å². The summed E-state index contributed by atoms with van der Waals surface area (Å²) in [6.45, 7) is 4.54. The maximum absolute atomic E-state index is 11.0. The van der Waals surface area contributed by atoms with Crippen molar-refractivity contribution in [1.29, 1.82) is 0 Å². The van der Waals surface area contributed by atoms with Gasteiger partial charge in [-0.05, 0) is 12.3 Å². The zero-order valence-corrected chi connectivity index (χ0v) is 9.80. The summed E-state index contributed by atoms with van der Waals surface area (Å²) in [4.78, 5) is 11.0. The van der Waals surface area contributed by atoms with Gasteiger partial charge >= 0.3 is 6.03 Å². The van der Waals surface area contributed by atoms with E-state index in [1.165, 1.54) is 0 Å². The Bertz CT molecular complexity index is 287. The second-order valence-electron chi connectivity index (χ2n) is 3.65. The molecule has 2 amide bonds. The Labute approximate surface area is 90.2 Å². The Morgan fingerprint density at radius 3 is 2.27 bits per heavy atom. The quantitative estimate of drug-likeness (QED) is 0.577. The summed E-state index contributed by atoms with van der Waals surface area (Å²) >= 11 is 0. The normalized spacial score (nSPS) is 11.5. The number of carbonyl (C=O) groups excluding carboxylic acids is 1. The lowest BCUT2D eigenvalue weighted by Crippen LogP contribution is -2.38. The van der Waals surface area contributed by atoms with Gasteiger partial charge in [0.25, 0.3) is 10.1 Å². The highest BCUT2D eigenvalue weighted by Crippen LogP contribution is 1.95. The number of hydrogen-bond donors (Lipinski definition) is 3. The first kappa shape index (κ1) is 14.2. The standard InChI is InChI=1S/C8H18N2O4S/c1-7(2)3-4-9-8(11)10-5-6-15(12,13)14/h7H,3-6H2,1-2H3,(H2,9,10,11)(H,12,13,14). The van der Waals surface area contributed by atoms with E-state index in [1.807, 2.05) is 13.8 Å². The highest BCUT2D eigenvalue weighted by Gasteiger charge is 2.05. The van der Waals surface area contributed by atoms with Crippen LogP contribution in [0.3, 0.4) is 0 Å². The zero-order chi connectivity index (χ0) is 11.9. The van der Waals surface area contributed by atoms with Crippen molar-refractivity contribution in [3.8, 4) is 0 Å². The van der Waals surface area contributed by atoms with E-state index >= 15 is 0 Å². The number of urea groups is 1. The Hall–Kier alpha value is -0.820. The fraction of sp³-hybridized carbons (Fsp3) is 0.875. The monoisotopic (exact) mass is 238 g/mol. The molecule has 7 heteroatoms. The van der Waals surface area contributed by atoms with Gasteiger partial charge in [0.1, 0.15) is 0 Å². The summed E-state index contributed by atoms with van der Waals surface area (Å²) in [7, 11) is -4.00. The fourth-order valence-corrected chi connectivity index (χ4v) is 1.19. The van der Waals surface area contributed by atoms with Gasteiger partial charge in [-0.15, -0.1) is 0 Å². The molecule has 0 heterocycles. The molecule has 0 aromatic heterocycles. The maximum atomic E-state index is 11.0. The molecule has 0 rings (SSSR count). The summed E-state index contributed by atoms with van der Waals surface area (Å²) in [5.41, 5.74) is 0. The summed E-state index contributed by atoms with van der Waals surface area (Å²) in [6.07, 6.45) is 0.867. The van der Waals surface area contributed by atoms with Crippen molar-refractivity contribution in [1.82, 2.24) is 10.6 Å². The van der Waals surface area contributed by atoms with Gasteiger partial charge < -0.3 is 10.6 Å². The maximum Gasteiger partial charge on any atom is 0.314 e. The third-order valence-electron chi connectivity index (χ3n) is 1.65. The van der Waals surface area contributed by atoms with Crippen molar-refractivity contribution in [2.45, 2.75) is 20.3 Å². The minimum absolute atomic E-state index is 0.0909. The third kappa shape index (κ3) is 11.1. The fourth-order valence-electron chi connectivity index (χ4n) is 0.830. The van der Waals surface area contributed by atoms with Crippen LogP contribution in [-0.4, -0.2) is 37.8 Å². The van der Waals surface area contributed by atoms with E-state index in [4.69, 9.17) is 4.55 Å². The number of amides is 2. The molecular formula is C8H18N2O4S. The Kier molecular flexibility index (Phi) is 6.26. The Morgan fingerprint density at radius 2 is 1.80 bits per heavy atom. The van der Waals surface area contributed by atoms with Crippen molar-refractivity contribution in [2.75, 3.05) is 18.8 Å². The molecule has 0 aliphatic carbocycles. The smallest absolute Gasteiger partial charge is 0.314 e. The van der Waals surface area contributed by atoms with Gasteiger partial charge in [-0.1, -0.05) is 13.8 Å². The van der Waals surface area contributed by atoms with Gasteiger partial charge in [0.05, 0.1) is 5.75 Å². The van der Waals surface area contributed by atoms with Crippen molar-refractivity contribution in [2.24, 2.45) is 5.92 Å². The molecule has 0 saturated heterocycles. The van der Waals surface area contributed by atoms with Gasteiger partial charge in [0.15, 0.2) is 0 Å². The van der Waals surface area contributed by atoms with Crippen LogP contribution in [0, 0.1) is 5.92 Å². The molecule has 0 aromatic carbocycles. The van der Waals surface area contributed by atoms with E-state index in [0.717, 1.165) is 6.42 Å². The van der Waals surface area contributed by atoms with Gasteiger partial charge in [-0.3, -0.25) is 4.55 Å². The molecule has 0 radical (unpaired) electrons. The molecule has 6 nitrogen and oxygen atoms in total. The molecular weight excluding hydrogens is 220 g/mol. The van der Waals surface area contributed by atoms with Crippen LogP contribution in [0.15, 0.2) is 0 Å². The van der Waals surface area contributed by atoms with Gasteiger partial charge in [0.2, 0.25) is 0 Å². The lowest BCUT2D eigenvalue weighted by atomic mass is 10.1. The minimum atomic E-state index is -4.00. The van der Waals surface area contributed by atoms with Gasteiger partial charge in [-0.2, -0.15) is 8.42 Å². The molecule has 0 aromatic rings. The van der Waals surface area contributed by atoms with Crippen LogP contribution >= 0.6 is 0 Å². The lowest BCUT2D eigenvalue weighted by Gasteiger charge is -2.08. The van der Waals surface area contributed by atoms with Gasteiger partial charge in [0, 0.05) is 13.1 Å². The van der Waals surface area contributed by atoms with Crippen LogP contribution in [0.25, 0.3) is 0 Å². The number of rotatable bonds is 6. The molecule has 0 bridgehead atoms. The summed E-state index contributed by atoms with van der Waals surface area (Å²) in [5.74, 6) is 0.0352. The van der Waals surface area contributed by atoms with E-state index in [1.54, 1.807) is 0 Å². The third-order valence-corrected chi connectivity index (χ3v) is 2.37. The molecule has 0 spiro atoms. The van der Waals surface area contributed by atoms with E-state index < -0.39 is 21.9 Å². The van der Waals surface area contributed by atoms with Crippen molar-refractivity contribution in [3.05, 3.63) is 0 Å². The Morgan fingerprint density at radius 1 is 1.27 bits per heavy atom. The highest BCUT2D eigenvalue weighted by molar-refractivity contribution is 7.85. The molecule has 0 unspecified atom stereocenters. The van der Waals surface area contributed by atoms with E-state index in [0.29, 0.717) is 12.5 Å². The molecule has 3 N–H and O–H groups in total. The molecule has 0 aliphatic rings. The minimum Gasteiger partial charge on any atom is -0.338 e. The largest absolute Gasteiger partial charge is 0.338 e. The molecule has 0 aliphatic heterocycles. The average molecular weight is 238 g/mol. The molecule has 15 heavy (non-hydrogen) atoms. The molecule has 0 fully saturated rings. The summed E-state index contributed by atoms with van der Waals surface area (Å²) in [5, 5.41) is 4.90. The van der Waals surface area contributed by atoms with Crippen molar-refractivity contribution in [3.63, 3.8) is 0 Å². The number of carbonyl (C=O) groups is 1. The van der Waals surface area contributed by atoms with Crippen LogP contribution in [-0.2, 0) is 10.1 Å². The van der Waals surface area contributed by atoms with Gasteiger partial charge in [-0.25, -0.2) is 4.79 Å². The van der Waals surface area contributed by atoms with Crippen molar-refractivity contribution < 1.29 is 17.8 Å². The van der Waals surface area contributed by atoms with Crippen LogP contribution in [0.4, 0.5) is 4.79 Å². The SMILES string of the molecule is CC(C)CCNC(=O)NCCS(=O)(=O)O. The second kappa shape index (κ2) is 6.62. The van der Waals surface area contributed by atoms with E-state index in [-0.39, 0.29) is 6.54 Å². The molecule has 0 saturated carbocycles. The van der Waals surface area contributed by atoms with Crippen molar-refractivity contribution >= 4 is 16.1 Å². The summed E-state index contributed by atoms with van der Waals surface area (Å²) < 4.78 is 29.0. The molecule has 90 valence electrons. The molecule has 0 atom stereocenters. The van der Waals surface area contributed by atoms with E-state index in [9.17, 15) is 13.2 Å². The average Bonchev–Trinajstić information content (AvgIpc) is 2.00. The zero-order valence-electron chi connectivity index (χ0n) is 8.99. The Balaban J connectivity index is 3.50. The van der Waals surface area contributed by atoms with Crippen LogP contribution in [0.2, 0.25) is 0 Å². The summed E-state index contributed by atoms with van der Waals surface area (Å²) in [6, 6.07) is -0.417. The number of hydrogen-bond acceptors (Lipinski definition) is 3. The first-order valence-corrected chi connectivity index (χ1v) is 6.39. The van der Waals surface area contributed by atoms with Crippen LogP contribution < -0.4 is 10.6 Å². The predicted molar refractivity (Wildman–Crippen MR) is 57.3 cm³/mol. The second-order valence-corrected chi connectivity index (χ2v) is 5.22. The number of nitrogens with one attached hydrogen (secondary N) is 2. The highest BCUT2D eigenvalue weighted by atomic mass is 32.2.